The molecule has 138 valence electrons. The predicted octanol–water partition coefficient (Wildman–Crippen LogP) is 4.07. The monoisotopic (exact) mass is 383 g/mol. The Morgan fingerprint density at radius 2 is 1.48 bits per heavy atom. The van der Waals surface area contributed by atoms with Crippen molar-refractivity contribution in [1.82, 2.24) is 0 Å². The standard InChI is InChI=1S/C20H17NO5S/c1-25-20(22)18-9-5-6-10-19(18)26-16-13-11-15(12-14-16)21-27(23,24)17-7-3-2-4-8-17/h2-14,21H,1H3. The number of rotatable bonds is 6. The summed E-state index contributed by atoms with van der Waals surface area (Å²) in [5.74, 6) is 0.300. The minimum absolute atomic E-state index is 0.178. The Labute approximate surface area is 157 Å². The van der Waals surface area contributed by atoms with Gasteiger partial charge in [0.05, 0.1) is 12.0 Å². The molecule has 0 radical (unpaired) electrons. The topological polar surface area (TPSA) is 81.7 Å². The van der Waals surface area contributed by atoms with Crippen LogP contribution in [0.5, 0.6) is 11.5 Å². The summed E-state index contributed by atoms with van der Waals surface area (Å²) in [5, 5.41) is 0. The van der Waals surface area contributed by atoms with E-state index in [2.05, 4.69) is 4.72 Å². The summed E-state index contributed by atoms with van der Waals surface area (Å²) in [4.78, 5) is 12.0. The van der Waals surface area contributed by atoms with E-state index < -0.39 is 16.0 Å². The summed E-state index contributed by atoms with van der Waals surface area (Å²) in [6.45, 7) is 0. The molecule has 3 aromatic carbocycles. The normalized spacial score (nSPS) is 10.9. The Balaban J connectivity index is 1.76. The third-order valence-electron chi connectivity index (χ3n) is 3.68. The predicted molar refractivity (Wildman–Crippen MR) is 102 cm³/mol. The number of carbonyl (C=O) groups is 1. The fraction of sp³-hybridized carbons (Fsp3) is 0.0500. The van der Waals surface area contributed by atoms with E-state index in [1.807, 2.05) is 0 Å². The first kappa shape index (κ1) is 18.5. The number of ether oxygens (including phenoxy) is 2. The Morgan fingerprint density at radius 3 is 2.15 bits per heavy atom. The van der Waals surface area contributed by atoms with Gasteiger partial charge in [0.1, 0.15) is 17.1 Å². The molecule has 0 saturated carbocycles. The van der Waals surface area contributed by atoms with Crippen molar-refractivity contribution in [2.45, 2.75) is 4.90 Å². The lowest BCUT2D eigenvalue weighted by Gasteiger charge is -2.11. The molecule has 0 spiro atoms. The molecular weight excluding hydrogens is 366 g/mol. The van der Waals surface area contributed by atoms with Crippen LogP contribution in [-0.4, -0.2) is 21.5 Å². The maximum absolute atomic E-state index is 12.3. The molecule has 0 atom stereocenters. The Kier molecular flexibility index (Phi) is 5.42. The highest BCUT2D eigenvalue weighted by Crippen LogP contribution is 2.27. The molecule has 0 aliphatic carbocycles. The summed E-state index contributed by atoms with van der Waals surface area (Å²) in [6, 6.07) is 21.2. The third-order valence-corrected chi connectivity index (χ3v) is 5.08. The molecule has 0 aliphatic rings. The summed E-state index contributed by atoms with van der Waals surface area (Å²) >= 11 is 0. The largest absolute Gasteiger partial charge is 0.465 e. The van der Waals surface area contributed by atoms with E-state index in [1.165, 1.54) is 19.2 Å². The van der Waals surface area contributed by atoms with Crippen LogP contribution in [0.4, 0.5) is 5.69 Å². The number of esters is 1. The maximum Gasteiger partial charge on any atom is 0.341 e. The second-order valence-electron chi connectivity index (χ2n) is 5.53. The zero-order valence-electron chi connectivity index (χ0n) is 14.5. The van der Waals surface area contributed by atoms with Gasteiger partial charge in [-0.05, 0) is 48.5 Å². The summed E-state index contributed by atoms with van der Waals surface area (Å²) in [6.07, 6.45) is 0. The fourth-order valence-corrected chi connectivity index (χ4v) is 3.45. The van der Waals surface area contributed by atoms with E-state index in [4.69, 9.17) is 9.47 Å². The van der Waals surface area contributed by atoms with E-state index in [0.717, 1.165) is 0 Å². The minimum atomic E-state index is -3.66. The fourth-order valence-electron chi connectivity index (χ4n) is 2.37. The van der Waals surface area contributed by atoms with Crippen LogP contribution in [0, 0.1) is 0 Å². The van der Waals surface area contributed by atoms with Crippen LogP contribution in [0.2, 0.25) is 0 Å². The second-order valence-corrected chi connectivity index (χ2v) is 7.22. The molecule has 0 saturated heterocycles. The van der Waals surface area contributed by atoms with Crippen LogP contribution in [-0.2, 0) is 14.8 Å². The molecule has 0 heterocycles. The highest BCUT2D eigenvalue weighted by molar-refractivity contribution is 7.92. The summed E-state index contributed by atoms with van der Waals surface area (Å²) in [7, 11) is -2.36. The molecule has 3 aromatic rings. The van der Waals surface area contributed by atoms with Crippen LogP contribution in [0.15, 0.2) is 83.8 Å². The van der Waals surface area contributed by atoms with E-state index in [-0.39, 0.29) is 4.90 Å². The van der Waals surface area contributed by atoms with E-state index >= 15 is 0 Å². The van der Waals surface area contributed by atoms with Gasteiger partial charge in [-0.25, -0.2) is 13.2 Å². The van der Waals surface area contributed by atoms with Crippen LogP contribution < -0.4 is 9.46 Å². The molecule has 6 nitrogen and oxygen atoms in total. The highest BCUT2D eigenvalue weighted by atomic mass is 32.2. The first-order valence-electron chi connectivity index (χ1n) is 8.03. The van der Waals surface area contributed by atoms with Gasteiger partial charge in [-0.2, -0.15) is 0 Å². The van der Waals surface area contributed by atoms with Crippen LogP contribution in [0.3, 0.4) is 0 Å². The van der Waals surface area contributed by atoms with Crippen molar-refractivity contribution < 1.29 is 22.7 Å². The van der Waals surface area contributed by atoms with Crippen LogP contribution in [0.1, 0.15) is 10.4 Å². The zero-order chi connectivity index (χ0) is 19.3. The number of sulfonamides is 1. The first-order chi connectivity index (χ1) is 13.0. The van der Waals surface area contributed by atoms with Gasteiger partial charge in [-0.15, -0.1) is 0 Å². The number of methoxy groups -OCH3 is 1. The zero-order valence-corrected chi connectivity index (χ0v) is 15.3. The van der Waals surface area contributed by atoms with Gasteiger partial charge >= 0.3 is 5.97 Å². The molecule has 0 aliphatic heterocycles. The summed E-state index contributed by atoms with van der Waals surface area (Å²) in [5.41, 5.74) is 0.696. The van der Waals surface area contributed by atoms with Crippen molar-refractivity contribution in [3.63, 3.8) is 0 Å². The van der Waals surface area contributed by atoms with Gasteiger partial charge in [-0.3, -0.25) is 4.72 Å². The lowest BCUT2D eigenvalue weighted by Crippen LogP contribution is -2.12. The maximum atomic E-state index is 12.3. The number of para-hydroxylation sites is 1. The van der Waals surface area contributed by atoms with Gasteiger partial charge in [0.2, 0.25) is 0 Å². The van der Waals surface area contributed by atoms with Gasteiger partial charge < -0.3 is 9.47 Å². The molecule has 1 N–H and O–H groups in total. The van der Waals surface area contributed by atoms with Gasteiger partial charge in [0.25, 0.3) is 10.0 Å². The quantitative estimate of drug-likeness (QED) is 0.649. The van der Waals surface area contributed by atoms with E-state index in [0.29, 0.717) is 22.7 Å². The molecule has 0 amide bonds. The van der Waals surface area contributed by atoms with Crippen molar-refractivity contribution in [1.29, 1.82) is 0 Å². The smallest absolute Gasteiger partial charge is 0.341 e. The molecule has 0 bridgehead atoms. The van der Waals surface area contributed by atoms with Crippen LogP contribution in [0.25, 0.3) is 0 Å². The van der Waals surface area contributed by atoms with Crippen molar-refractivity contribution >= 4 is 21.7 Å². The Bertz CT molecular complexity index is 1030. The number of hydrogen-bond donors (Lipinski definition) is 1. The highest BCUT2D eigenvalue weighted by Gasteiger charge is 2.15. The molecule has 0 aromatic heterocycles. The minimum Gasteiger partial charge on any atom is -0.465 e. The third kappa shape index (κ3) is 4.45. The van der Waals surface area contributed by atoms with Crippen molar-refractivity contribution in [3.05, 3.63) is 84.4 Å². The summed E-state index contributed by atoms with van der Waals surface area (Å²) < 4.78 is 37.6. The lowest BCUT2D eigenvalue weighted by atomic mass is 10.2. The number of anilines is 1. The van der Waals surface area contributed by atoms with Crippen LogP contribution >= 0.6 is 0 Å². The molecule has 27 heavy (non-hydrogen) atoms. The SMILES string of the molecule is COC(=O)c1ccccc1Oc1ccc(NS(=O)(=O)c2ccccc2)cc1. The van der Waals surface area contributed by atoms with Gasteiger partial charge in [0.15, 0.2) is 0 Å². The average Bonchev–Trinajstić information content (AvgIpc) is 2.70. The van der Waals surface area contributed by atoms with Crippen molar-refractivity contribution in [2.24, 2.45) is 0 Å². The van der Waals surface area contributed by atoms with E-state index in [1.54, 1.807) is 66.7 Å². The Morgan fingerprint density at radius 1 is 0.852 bits per heavy atom. The first-order valence-corrected chi connectivity index (χ1v) is 9.51. The molecular formula is C20H17NO5S. The Hall–Kier alpha value is -3.32. The average molecular weight is 383 g/mol. The number of benzene rings is 3. The van der Waals surface area contributed by atoms with Crippen molar-refractivity contribution in [3.8, 4) is 11.5 Å². The molecule has 0 unspecified atom stereocenters. The van der Waals surface area contributed by atoms with Crippen molar-refractivity contribution in [2.75, 3.05) is 11.8 Å². The van der Waals surface area contributed by atoms with Gasteiger partial charge in [-0.1, -0.05) is 30.3 Å². The second kappa shape index (κ2) is 7.92. The number of nitrogens with one attached hydrogen (secondary N) is 1. The molecule has 0 fully saturated rings. The van der Waals surface area contributed by atoms with Gasteiger partial charge in [0, 0.05) is 5.69 Å². The number of carbonyl (C=O) groups excluding carboxylic acids is 1. The molecule has 7 heteroatoms. The van der Waals surface area contributed by atoms with E-state index in [9.17, 15) is 13.2 Å². The molecule has 3 rings (SSSR count). The lowest BCUT2D eigenvalue weighted by molar-refractivity contribution is 0.0598. The number of hydrogen-bond acceptors (Lipinski definition) is 5.